The number of hydrogen-bond acceptors (Lipinski definition) is 3. The first-order valence-electron chi connectivity index (χ1n) is 6.67. The first-order chi connectivity index (χ1) is 9.90. The Morgan fingerprint density at radius 2 is 2.00 bits per heavy atom. The standard InChI is InChI=1S/C14H17F3N2O2/c1-19-6-4-11(5-7-19)21-13-3-2-10(18-9-20)8-12(13)14(15,16)17/h2-3,8-9,11H,4-7H2,1H3,(H,18,20). The van der Waals surface area contributed by atoms with Gasteiger partial charge in [-0.05, 0) is 38.1 Å². The molecule has 21 heavy (non-hydrogen) atoms. The number of anilines is 1. The van der Waals surface area contributed by atoms with Gasteiger partial charge in [0.1, 0.15) is 11.9 Å². The maximum Gasteiger partial charge on any atom is 0.420 e. The Labute approximate surface area is 120 Å². The maximum atomic E-state index is 13.1. The molecule has 0 saturated carbocycles. The van der Waals surface area contributed by atoms with E-state index in [-0.39, 0.29) is 17.5 Å². The number of rotatable bonds is 4. The molecule has 0 radical (unpaired) electrons. The number of carbonyl (C=O) groups is 1. The Balaban J connectivity index is 2.19. The number of piperidine rings is 1. The van der Waals surface area contributed by atoms with Gasteiger partial charge in [-0.15, -0.1) is 0 Å². The summed E-state index contributed by atoms with van der Waals surface area (Å²) in [4.78, 5) is 12.5. The molecule has 0 unspecified atom stereocenters. The van der Waals surface area contributed by atoms with Crippen LogP contribution in [0.1, 0.15) is 18.4 Å². The largest absolute Gasteiger partial charge is 0.490 e. The number of halogens is 3. The van der Waals surface area contributed by atoms with E-state index in [1.165, 1.54) is 12.1 Å². The summed E-state index contributed by atoms with van der Waals surface area (Å²) in [5.41, 5.74) is -0.777. The van der Waals surface area contributed by atoms with Crippen molar-refractivity contribution >= 4 is 12.1 Å². The van der Waals surface area contributed by atoms with E-state index in [1.807, 2.05) is 7.05 Å². The fraction of sp³-hybridized carbons (Fsp3) is 0.500. The molecule has 0 spiro atoms. The quantitative estimate of drug-likeness (QED) is 0.870. The lowest BCUT2D eigenvalue weighted by molar-refractivity contribution is -0.139. The molecular weight excluding hydrogens is 285 g/mol. The van der Waals surface area contributed by atoms with Crippen LogP contribution in [0.4, 0.5) is 18.9 Å². The molecule has 1 N–H and O–H groups in total. The first-order valence-corrected chi connectivity index (χ1v) is 6.67. The molecule has 0 aromatic heterocycles. The summed E-state index contributed by atoms with van der Waals surface area (Å²) in [5.74, 6) is -0.187. The summed E-state index contributed by atoms with van der Waals surface area (Å²) < 4.78 is 44.8. The Kier molecular flexibility index (Phi) is 4.72. The van der Waals surface area contributed by atoms with E-state index in [0.717, 1.165) is 19.2 Å². The molecule has 0 aliphatic carbocycles. The van der Waals surface area contributed by atoms with Crippen LogP contribution in [0.3, 0.4) is 0 Å². The van der Waals surface area contributed by atoms with Crippen molar-refractivity contribution in [2.45, 2.75) is 25.1 Å². The van der Waals surface area contributed by atoms with Crippen molar-refractivity contribution in [3.05, 3.63) is 23.8 Å². The fourth-order valence-corrected chi connectivity index (χ4v) is 2.29. The van der Waals surface area contributed by atoms with Crippen LogP contribution in [0.5, 0.6) is 5.75 Å². The Bertz CT molecular complexity index is 497. The van der Waals surface area contributed by atoms with Crippen LogP contribution in [0.15, 0.2) is 18.2 Å². The van der Waals surface area contributed by atoms with Gasteiger partial charge in [0.15, 0.2) is 0 Å². The summed E-state index contributed by atoms with van der Waals surface area (Å²) in [7, 11) is 1.97. The van der Waals surface area contributed by atoms with E-state index in [9.17, 15) is 18.0 Å². The number of nitrogens with one attached hydrogen (secondary N) is 1. The highest BCUT2D eigenvalue weighted by Gasteiger charge is 2.35. The van der Waals surface area contributed by atoms with Crippen LogP contribution in [0.2, 0.25) is 0 Å². The monoisotopic (exact) mass is 302 g/mol. The number of alkyl halides is 3. The van der Waals surface area contributed by atoms with Gasteiger partial charge >= 0.3 is 6.18 Å². The molecule has 1 aliphatic heterocycles. The average Bonchev–Trinajstić information content (AvgIpc) is 2.42. The van der Waals surface area contributed by atoms with Crippen molar-refractivity contribution in [1.29, 1.82) is 0 Å². The zero-order valence-corrected chi connectivity index (χ0v) is 11.6. The van der Waals surface area contributed by atoms with Gasteiger partial charge in [0, 0.05) is 18.8 Å². The topological polar surface area (TPSA) is 41.6 Å². The highest BCUT2D eigenvalue weighted by atomic mass is 19.4. The van der Waals surface area contributed by atoms with E-state index < -0.39 is 11.7 Å². The molecule has 1 amide bonds. The van der Waals surface area contributed by atoms with E-state index in [2.05, 4.69) is 10.2 Å². The van der Waals surface area contributed by atoms with Crippen molar-refractivity contribution in [3.8, 4) is 5.75 Å². The third kappa shape index (κ3) is 4.10. The van der Waals surface area contributed by atoms with Gasteiger partial charge in [-0.2, -0.15) is 13.2 Å². The van der Waals surface area contributed by atoms with E-state index in [1.54, 1.807) is 0 Å². The normalized spacial score (nSPS) is 17.5. The molecule has 7 heteroatoms. The lowest BCUT2D eigenvalue weighted by Gasteiger charge is -2.30. The number of ether oxygens (including phenoxy) is 1. The number of likely N-dealkylation sites (tertiary alicyclic amines) is 1. The van der Waals surface area contributed by atoms with Crippen LogP contribution in [-0.4, -0.2) is 37.6 Å². The molecule has 0 bridgehead atoms. The Morgan fingerprint density at radius 3 is 2.57 bits per heavy atom. The number of benzene rings is 1. The first kappa shape index (κ1) is 15.6. The summed E-state index contributed by atoms with van der Waals surface area (Å²) in [6.45, 7) is 1.60. The molecule has 1 heterocycles. The van der Waals surface area contributed by atoms with Gasteiger partial charge in [-0.1, -0.05) is 0 Å². The predicted octanol–water partition coefficient (Wildman–Crippen LogP) is 2.75. The smallest absolute Gasteiger partial charge is 0.420 e. The zero-order chi connectivity index (χ0) is 15.5. The minimum atomic E-state index is -4.53. The second kappa shape index (κ2) is 6.34. The summed E-state index contributed by atoms with van der Waals surface area (Å²) in [5, 5.41) is 2.21. The summed E-state index contributed by atoms with van der Waals surface area (Å²) >= 11 is 0. The highest BCUT2D eigenvalue weighted by Crippen LogP contribution is 2.38. The van der Waals surface area contributed by atoms with Gasteiger partial charge in [-0.3, -0.25) is 4.79 Å². The van der Waals surface area contributed by atoms with Gasteiger partial charge in [0.2, 0.25) is 6.41 Å². The highest BCUT2D eigenvalue weighted by molar-refractivity contribution is 5.72. The minimum Gasteiger partial charge on any atom is -0.490 e. The van der Waals surface area contributed by atoms with Crippen LogP contribution >= 0.6 is 0 Å². The molecule has 116 valence electrons. The van der Waals surface area contributed by atoms with Gasteiger partial charge in [-0.25, -0.2) is 0 Å². The molecule has 1 aromatic carbocycles. The number of hydrogen-bond donors (Lipinski definition) is 1. The number of carbonyl (C=O) groups excluding carboxylic acids is 1. The van der Waals surface area contributed by atoms with Crippen molar-refractivity contribution in [3.63, 3.8) is 0 Å². The Hall–Kier alpha value is -1.76. The number of nitrogens with zero attached hydrogens (tertiary/aromatic N) is 1. The van der Waals surface area contributed by atoms with Crippen LogP contribution < -0.4 is 10.1 Å². The molecule has 2 rings (SSSR count). The molecule has 1 saturated heterocycles. The lowest BCUT2D eigenvalue weighted by atomic mass is 10.1. The number of amides is 1. The summed E-state index contributed by atoms with van der Waals surface area (Å²) in [6.07, 6.45) is -3.01. The molecule has 1 aliphatic rings. The SMILES string of the molecule is CN1CCC(Oc2ccc(NC=O)cc2C(F)(F)F)CC1. The van der Waals surface area contributed by atoms with Gasteiger partial charge < -0.3 is 15.0 Å². The van der Waals surface area contributed by atoms with E-state index in [0.29, 0.717) is 19.3 Å². The van der Waals surface area contributed by atoms with Crippen LogP contribution in [0.25, 0.3) is 0 Å². The minimum absolute atomic E-state index is 0.0908. The van der Waals surface area contributed by atoms with Crippen molar-refractivity contribution in [2.24, 2.45) is 0 Å². The van der Waals surface area contributed by atoms with E-state index in [4.69, 9.17) is 4.74 Å². The summed E-state index contributed by atoms with van der Waals surface area (Å²) in [6, 6.07) is 3.54. The van der Waals surface area contributed by atoms with Crippen LogP contribution in [-0.2, 0) is 11.0 Å². The second-order valence-electron chi connectivity index (χ2n) is 5.09. The molecular formula is C14H17F3N2O2. The van der Waals surface area contributed by atoms with E-state index >= 15 is 0 Å². The second-order valence-corrected chi connectivity index (χ2v) is 5.09. The molecule has 1 aromatic rings. The lowest BCUT2D eigenvalue weighted by Crippen LogP contribution is -2.36. The van der Waals surface area contributed by atoms with Gasteiger partial charge in [0.05, 0.1) is 5.56 Å². The van der Waals surface area contributed by atoms with Crippen molar-refractivity contribution in [1.82, 2.24) is 4.90 Å². The van der Waals surface area contributed by atoms with Gasteiger partial charge in [0.25, 0.3) is 0 Å². The third-order valence-corrected chi connectivity index (χ3v) is 3.47. The third-order valence-electron chi connectivity index (χ3n) is 3.47. The Morgan fingerprint density at radius 1 is 1.33 bits per heavy atom. The average molecular weight is 302 g/mol. The molecule has 1 fully saturated rings. The molecule has 0 atom stereocenters. The van der Waals surface area contributed by atoms with Crippen LogP contribution in [0, 0.1) is 0 Å². The fourth-order valence-electron chi connectivity index (χ4n) is 2.29. The molecule has 4 nitrogen and oxygen atoms in total. The zero-order valence-electron chi connectivity index (χ0n) is 11.6. The van der Waals surface area contributed by atoms with Crippen molar-refractivity contribution < 1.29 is 22.7 Å². The van der Waals surface area contributed by atoms with Crippen molar-refractivity contribution in [2.75, 3.05) is 25.5 Å². The maximum absolute atomic E-state index is 13.1. The predicted molar refractivity (Wildman–Crippen MR) is 72.3 cm³/mol.